The number of alkyl carbamates (subject to hydrolysis) is 3. The maximum atomic E-state index is 12.6. The zero-order chi connectivity index (χ0) is 69.8. The first kappa shape index (κ1) is 84.8. The minimum Gasteiger partial charge on any atom is -0.450 e. The van der Waals surface area contributed by atoms with Crippen LogP contribution in [-0.4, -0.2) is 260 Å². The van der Waals surface area contributed by atoms with Gasteiger partial charge in [0.25, 0.3) is 0 Å². The zero-order valence-electron chi connectivity index (χ0n) is 56.2. The van der Waals surface area contributed by atoms with Gasteiger partial charge in [0, 0.05) is 96.8 Å². The summed E-state index contributed by atoms with van der Waals surface area (Å²) in [7, 11) is 0. The third-order valence-electron chi connectivity index (χ3n) is 17.9. The lowest BCUT2D eigenvalue weighted by molar-refractivity contribution is -0.265. The van der Waals surface area contributed by atoms with E-state index in [4.69, 9.17) is 50.4 Å². The predicted octanol–water partition coefficient (Wildman–Crippen LogP) is -0.442. The van der Waals surface area contributed by atoms with Crippen LogP contribution in [0, 0.1) is 17.3 Å². The highest BCUT2D eigenvalue weighted by molar-refractivity contribution is 5.76. The number of aliphatic hydroxyl groups is 9. The summed E-state index contributed by atoms with van der Waals surface area (Å²) >= 11 is 0. The van der Waals surface area contributed by atoms with Gasteiger partial charge in [0.15, 0.2) is 6.29 Å². The molecule has 31 heteroatoms. The third kappa shape index (κ3) is 35.3. The Labute approximate surface area is 560 Å². The fraction of sp³-hybridized carbons (Fsp3) is 0.906. The molecule has 0 bridgehead atoms. The Balaban J connectivity index is 1.26. The number of carbonyl (C=O) groups excluding carboxylic acids is 6. The molecule has 15 unspecified atom stereocenters. The van der Waals surface area contributed by atoms with Crippen LogP contribution in [-0.2, 0) is 47.5 Å². The molecule has 1 heterocycles. The number of hydrogen-bond acceptors (Lipinski definition) is 25. The largest absolute Gasteiger partial charge is 0.450 e. The molecule has 0 aromatic rings. The second kappa shape index (κ2) is 50.0. The Hall–Kier alpha value is -4.42. The molecule has 21 N–H and O–H groups in total. The van der Waals surface area contributed by atoms with E-state index in [0.717, 1.165) is 77.0 Å². The molecular weight excluding hydrogens is 1250 g/mol. The average Bonchev–Trinajstić information content (AvgIpc) is 0.856. The zero-order valence-corrected chi connectivity index (χ0v) is 56.2. The van der Waals surface area contributed by atoms with Crippen molar-refractivity contribution in [2.24, 2.45) is 34.5 Å². The van der Waals surface area contributed by atoms with Crippen LogP contribution < -0.4 is 49.1 Å². The molecule has 15 atom stereocenters. The van der Waals surface area contributed by atoms with Crippen molar-refractivity contribution in [1.82, 2.24) is 31.9 Å². The van der Waals surface area contributed by atoms with Crippen molar-refractivity contribution in [3.63, 3.8) is 0 Å². The van der Waals surface area contributed by atoms with Gasteiger partial charge in [-0.3, -0.25) is 14.4 Å². The highest BCUT2D eigenvalue weighted by atomic mass is 16.7. The van der Waals surface area contributed by atoms with Crippen LogP contribution in [0.1, 0.15) is 174 Å². The first-order chi connectivity index (χ1) is 45.6. The van der Waals surface area contributed by atoms with Crippen LogP contribution in [0.3, 0.4) is 0 Å². The minimum atomic E-state index is -1.33. The maximum Gasteiger partial charge on any atom is 0.407 e. The normalized spacial score (nSPS) is 26.6. The van der Waals surface area contributed by atoms with E-state index in [1.54, 1.807) is 0 Å². The average molecular weight is 1370 g/mol. The van der Waals surface area contributed by atoms with Crippen molar-refractivity contribution in [3.05, 3.63) is 0 Å². The summed E-state index contributed by atoms with van der Waals surface area (Å²) in [5, 5.41) is 106. The van der Waals surface area contributed by atoms with Gasteiger partial charge in [-0.2, -0.15) is 0 Å². The molecule has 3 aliphatic rings. The van der Waals surface area contributed by atoms with E-state index in [1.165, 1.54) is 0 Å². The molecule has 2 aliphatic carbocycles. The highest BCUT2D eigenvalue weighted by Crippen LogP contribution is 2.35. The van der Waals surface area contributed by atoms with Gasteiger partial charge < -0.3 is 128 Å². The second-order valence-corrected chi connectivity index (χ2v) is 25.9. The number of unbranched alkanes of at least 4 members (excludes halogenated alkanes) is 9. The van der Waals surface area contributed by atoms with Crippen molar-refractivity contribution in [1.29, 1.82) is 0 Å². The summed E-state index contributed by atoms with van der Waals surface area (Å²) in [6.07, 6.45) is 4.10. The quantitative estimate of drug-likeness (QED) is 0.0271. The first-order valence-corrected chi connectivity index (χ1v) is 34.8. The summed E-state index contributed by atoms with van der Waals surface area (Å²) in [6.45, 7) is 5.08. The maximum absolute atomic E-state index is 12.6. The fourth-order valence-corrected chi connectivity index (χ4v) is 11.8. The number of carbonyl (C=O) groups is 6. The third-order valence-corrected chi connectivity index (χ3v) is 17.9. The van der Waals surface area contributed by atoms with Gasteiger partial charge in [-0.05, 0) is 115 Å². The molecule has 31 nitrogen and oxygen atoms in total. The van der Waals surface area contributed by atoms with E-state index in [1.807, 2.05) is 0 Å². The van der Waals surface area contributed by atoms with E-state index < -0.39 is 116 Å². The van der Waals surface area contributed by atoms with Crippen LogP contribution in [0.25, 0.3) is 0 Å². The molecule has 0 aromatic carbocycles. The molecule has 95 heavy (non-hydrogen) atoms. The Morgan fingerprint density at radius 1 is 0.389 bits per heavy atom. The van der Waals surface area contributed by atoms with E-state index in [-0.39, 0.29) is 95.3 Å². The van der Waals surface area contributed by atoms with E-state index in [0.29, 0.717) is 110 Å². The number of ether oxygens (including phenoxy) is 7. The summed E-state index contributed by atoms with van der Waals surface area (Å²) < 4.78 is 39.0. The summed E-state index contributed by atoms with van der Waals surface area (Å²) in [5.41, 5.74) is 17.6. The second-order valence-electron chi connectivity index (χ2n) is 25.9. The topological polar surface area (TPSA) is 499 Å². The Kier molecular flexibility index (Phi) is 44.6. The summed E-state index contributed by atoms with van der Waals surface area (Å²) in [5.74, 6) is -1.41. The van der Waals surface area contributed by atoms with Crippen LogP contribution in [0.15, 0.2) is 0 Å². The van der Waals surface area contributed by atoms with Crippen LogP contribution >= 0.6 is 0 Å². The lowest BCUT2D eigenvalue weighted by Gasteiger charge is -2.40. The van der Waals surface area contributed by atoms with Gasteiger partial charge >= 0.3 is 18.3 Å². The number of nitrogens with one attached hydrogen (secondary N) is 6. The van der Waals surface area contributed by atoms with Crippen LogP contribution in [0.5, 0.6) is 0 Å². The van der Waals surface area contributed by atoms with E-state index in [9.17, 15) is 74.7 Å². The van der Waals surface area contributed by atoms with Crippen molar-refractivity contribution in [3.8, 4) is 0 Å². The number of rotatable bonds is 51. The van der Waals surface area contributed by atoms with Crippen LogP contribution in [0.4, 0.5) is 14.4 Å². The van der Waals surface area contributed by atoms with Crippen LogP contribution in [0.2, 0.25) is 0 Å². The summed E-state index contributed by atoms with van der Waals surface area (Å²) in [6, 6.07) is -2.57. The Morgan fingerprint density at radius 2 is 0.705 bits per heavy atom. The molecule has 554 valence electrons. The van der Waals surface area contributed by atoms with Gasteiger partial charge in [0.1, 0.15) is 18.3 Å². The number of hydrogen-bond donors (Lipinski definition) is 18. The van der Waals surface area contributed by atoms with Gasteiger partial charge in [-0.25, -0.2) is 14.4 Å². The van der Waals surface area contributed by atoms with Gasteiger partial charge in [-0.1, -0.05) is 45.4 Å². The lowest BCUT2D eigenvalue weighted by atomic mass is 9.77. The first-order valence-electron chi connectivity index (χ1n) is 34.8. The van der Waals surface area contributed by atoms with Crippen molar-refractivity contribution < 1.29 is 108 Å². The molecule has 1 aliphatic heterocycles. The molecule has 1 saturated heterocycles. The monoisotopic (exact) mass is 1370 g/mol. The van der Waals surface area contributed by atoms with Gasteiger partial charge in [0.05, 0.1) is 87.8 Å². The summed E-state index contributed by atoms with van der Waals surface area (Å²) in [4.78, 5) is 74.6. The minimum absolute atomic E-state index is 0.106. The Bertz CT molecular complexity index is 1870. The van der Waals surface area contributed by atoms with E-state index >= 15 is 0 Å². The lowest BCUT2D eigenvalue weighted by Crippen LogP contribution is -2.62. The molecule has 0 radical (unpaired) electrons. The predicted molar refractivity (Wildman–Crippen MR) is 348 cm³/mol. The number of aliphatic hydroxyl groups excluding tert-OH is 9. The molecule has 3 rings (SSSR count). The van der Waals surface area contributed by atoms with Crippen molar-refractivity contribution >= 4 is 36.0 Å². The molecule has 0 aromatic heterocycles. The molecular formula is C64H121N9O22. The smallest absolute Gasteiger partial charge is 0.407 e. The van der Waals surface area contributed by atoms with Crippen molar-refractivity contribution in [2.75, 3.05) is 98.7 Å². The molecule has 3 fully saturated rings. The van der Waals surface area contributed by atoms with Gasteiger partial charge in [0.2, 0.25) is 17.7 Å². The van der Waals surface area contributed by atoms with Gasteiger partial charge in [-0.15, -0.1) is 0 Å². The molecule has 6 amide bonds. The Morgan fingerprint density at radius 3 is 1.03 bits per heavy atom. The SMILES string of the molecule is CC(CCCOC(=O)NCCCCCCNC(=O)CCCOC1CC(CO)C(O)C(O)C1N)(CCCOC(=O)NCCCCCCNC(=O)CCCOC1CC(CO)C(O)C(O)C1N)CCCOC(=O)NCCCCCCNC(=O)CCCOC1OC(CO)C(O)C(O)C1N. The number of nitrogens with two attached hydrogens (primary N) is 3. The molecule has 2 saturated carbocycles. The van der Waals surface area contributed by atoms with E-state index in [2.05, 4.69) is 38.8 Å². The highest BCUT2D eigenvalue weighted by Gasteiger charge is 2.44. The fourth-order valence-electron chi connectivity index (χ4n) is 11.8. The molecule has 0 spiro atoms. The van der Waals surface area contributed by atoms with Crippen molar-refractivity contribution in [2.45, 2.75) is 253 Å². The standard InChI is InChI=1S/C64H121N9O22/c1-64(23-17-35-92-61(86)71-29-11-5-2-8-26-68-48(77)20-14-32-89-45-38-43(40-74)54(80)57(83)51(45)65,24-18-36-93-62(87)72-30-12-6-3-9-27-69-49(78)21-15-33-90-46-39-44(41-75)55(81)58(84)52(46)66)25-19-37-94-63(88)73-31-13-7-4-10-28-70-50(79)22-16-34-91-60-53(67)59(85)56(82)47(42-76)95-60/h43-47,51-60,74-76,80-85H,2-42,65-67H2,1H3,(H,68,77)(H,69,78)(H,70,79)(H,71,86)(H,72,87)(H,73,88). The number of amides is 6.